The third-order valence-corrected chi connectivity index (χ3v) is 3.51. The Balaban J connectivity index is 1.78. The fraction of sp³-hybridized carbons (Fsp3) is 0.857. The number of carbonyl (C=O) groups is 1. The van der Waals surface area contributed by atoms with Crippen molar-refractivity contribution in [2.24, 2.45) is 16.8 Å². The maximum atomic E-state index is 12.0. The van der Waals surface area contributed by atoms with Crippen LogP contribution in [0.2, 0.25) is 0 Å². The van der Waals surface area contributed by atoms with Gasteiger partial charge in [-0.15, -0.1) is 0 Å². The van der Waals surface area contributed by atoms with Crippen LogP contribution in [0, 0.1) is 11.8 Å². The van der Waals surface area contributed by atoms with Gasteiger partial charge in [0.25, 0.3) is 0 Å². The van der Waals surface area contributed by atoms with Crippen LogP contribution >= 0.6 is 0 Å². The number of amides is 1. The lowest BCUT2D eigenvalue weighted by molar-refractivity contribution is 0.0276. The quantitative estimate of drug-likeness (QED) is 0.831. The number of hydrogen-bond donors (Lipinski definition) is 1. The molecule has 2 unspecified atom stereocenters. The molecule has 2 rings (SSSR count). The van der Waals surface area contributed by atoms with E-state index >= 15 is 0 Å². The molecule has 1 fully saturated rings. The van der Waals surface area contributed by atoms with Crippen LogP contribution in [0.3, 0.4) is 0 Å². The Labute approximate surface area is 115 Å². The normalized spacial score (nSPS) is 26.7. The first-order valence-electron chi connectivity index (χ1n) is 7.10. The minimum atomic E-state index is -0.442. The van der Waals surface area contributed by atoms with Crippen molar-refractivity contribution < 1.29 is 9.53 Å². The molecule has 1 heterocycles. The van der Waals surface area contributed by atoms with Crippen LogP contribution < -0.4 is 5.32 Å². The van der Waals surface area contributed by atoms with Gasteiger partial charge in [-0.1, -0.05) is 6.92 Å². The highest BCUT2D eigenvalue weighted by atomic mass is 16.6. The Morgan fingerprint density at radius 2 is 2.21 bits per heavy atom. The molecule has 0 aromatic heterocycles. The van der Waals surface area contributed by atoms with Gasteiger partial charge in [-0.2, -0.15) is 0 Å². The fourth-order valence-corrected chi connectivity index (χ4v) is 2.14. The van der Waals surface area contributed by atoms with Crippen LogP contribution in [-0.2, 0) is 4.74 Å². The lowest BCUT2D eigenvalue weighted by Crippen LogP contribution is -2.47. The van der Waals surface area contributed by atoms with Crippen molar-refractivity contribution in [3.63, 3.8) is 0 Å². The summed E-state index contributed by atoms with van der Waals surface area (Å²) in [6.45, 7) is 10.7. The first kappa shape index (κ1) is 14.2. The summed E-state index contributed by atoms with van der Waals surface area (Å²) in [6.07, 6.45) is 1.05. The van der Waals surface area contributed by atoms with Crippen molar-refractivity contribution >= 4 is 11.9 Å². The third kappa shape index (κ3) is 4.40. The monoisotopic (exact) mass is 267 g/mol. The molecule has 1 aliphatic carbocycles. The average molecular weight is 267 g/mol. The van der Waals surface area contributed by atoms with Gasteiger partial charge in [0.15, 0.2) is 0 Å². The zero-order valence-electron chi connectivity index (χ0n) is 12.4. The first-order valence-corrected chi connectivity index (χ1v) is 7.10. The lowest BCUT2D eigenvalue weighted by Gasteiger charge is -2.30. The van der Waals surface area contributed by atoms with E-state index in [1.54, 1.807) is 4.90 Å². The molecule has 1 amide bonds. The summed E-state index contributed by atoms with van der Waals surface area (Å²) < 4.78 is 5.38. The molecule has 108 valence electrons. The van der Waals surface area contributed by atoms with Crippen molar-refractivity contribution in [3.05, 3.63) is 0 Å². The number of amidine groups is 1. The van der Waals surface area contributed by atoms with Crippen LogP contribution in [0.4, 0.5) is 4.79 Å². The molecule has 5 heteroatoms. The molecule has 2 atom stereocenters. The Hall–Kier alpha value is -1.26. The number of carbonyl (C=O) groups excluding carboxylic acids is 1. The maximum Gasteiger partial charge on any atom is 0.410 e. The minimum absolute atomic E-state index is 0.249. The Morgan fingerprint density at radius 3 is 2.79 bits per heavy atom. The number of rotatable bonds is 2. The number of nitrogens with one attached hydrogen (secondary N) is 1. The van der Waals surface area contributed by atoms with E-state index in [1.165, 1.54) is 6.42 Å². The molecule has 0 aromatic rings. The van der Waals surface area contributed by atoms with E-state index < -0.39 is 5.60 Å². The van der Waals surface area contributed by atoms with Gasteiger partial charge in [0.1, 0.15) is 11.4 Å². The number of hydrogen-bond acceptors (Lipinski definition) is 4. The predicted molar refractivity (Wildman–Crippen MR) is 75.4 cm³/mol. The molecule has 0 spiro atoms. The van der Waals surface area contributed by atoms with Gasteiger partial charge in [-0.3, -0.25) is 9.89 Å². The molecular formula is C14H25N3O2. The molecule has 0 saturated heterocycles. The van der Waals surface area contributed by atoms with Crippen molar-refractivity contribution in [3.8, 4) is 0 Å². The molecule has 1 aliphatic heterocycles. The Bertz CT molecular complexity index is 373. The van der Waals surface area contributed by atoms with E-state index in [0.717, 1.165) is 24.2 Å². The van der Waals surface area contributed by atoms with E-state index in [2.05, 4.69) is 17.2 Å². The standard InChI is InChI=1S/C14H25N3O2/c1-10-7-11(10)8-16-12-9-17(6-5-15-12)13(18)19-14(2,3)4/h10-11H,5-9H2,1-4H3,(H,15,16). The predicted octanol–water partition coefficient (Wildman–Crippen LogP) is 1.88. The van der Waals surface area contributed by atoms with Gasteiger partial charge in [0.05, 0.1) is 13.1 Å². The summed E-state index contributed by atoms with van der Waals surface area (Å²) in [5.74, 6) is 2.52. The second-order valence-electron chi connectivity index (χ2n) is 6.58. The third-order valence-electron chi connectivity index (χ3n) is 3.51. The molecule has 1 N–H and O–H groups in total. The van der Waals surface area contributed by atoms with Crippen molar-refractivity contribution in [1.29, 1.82) is 0 Å². The average Bonchev–Trinajstić information content (AvgIpc) is 3.01. The molecule has 5 nitrogen and oxygen atoms in total. The highest BCUT2D eigenvalue weighted by molar-refractivity contribution is 5.87. The van der Waals surface area contributed by atoms with Gasteiger partial charge < -0.3 is 10.1 Å². The number of ether oxygens (including phenoxy) is 1. The summed E-state index contributed by atoms with van der Waals surface area (Å²) in [5, 5.41) is 3.36. The molecule has 0 radical (unpaired) electrons. The zero-order valence-corrected chi connectivity index (χ0v) is 12.4. The van der Waals surface area contributed by atoms with E-state index in [1.807, 2.05) is 20.8 Å². The van der Waals surface area contributed by atoms with Crippen LogP contribution in [0.25, 0.3) is 0 Å². The molecule has 19 heavy (non-hydrogen) atoms. The topological polar surface area (TPSA) is 53.9 Å². The van der Waals surface area contributed by atoms with Crippen molar-refractivity contribution in [2.45, 2.75) is 39.7 Å². The van der Waals surface area contributed by atoms with Crippen LogP contribution in [-0.4, -0.2) is 48.6 Å². The first-order chi connectivity index (χ1) is 8.85. The largest absolute Gasteiger partial charge is 0.444 e. The SMILES string of the molecule is CC1CC1CNC1=NCCN(C(=O)OC(C)(C)C)C1. The number of aliphatic imine (C=N–C) groups is 1. The van der Waals surface area contributed by atoms with Gasteiger partial charge in [-0.05, 0) is 39.0 Å². The number of nitrogens with zero attached hydrogens (tertiary/aromatic N) is 2. The zero-order chi connectivity index (χ0) is 14.0. The molecule has 0 bridgehead atoms. The highest BCUT2D eigenvalue weighted by Crippen LogP contribution is 2.36. The van der Waals surface area contributed by atoms with Gasteiger partial charge >= 0.3 is 6.09 Å². The minimum Gasteiger partial charge on any atom is -0.444 e. The summed E-state index contributed by atoms with van der Waals surface area (Å²) in [4.78, 5) is 18.1. The van der Waals surface area contributed by atoms with Crippen LogP contribution in [0.1, 0.15) is 34.1 Å². The fourth-order valence-electron chi connectivity index (χ4n) is 2.14. The van der Waals surface area contributed by atoms with Gasteiger partial charge in [0.2, 0.25) is 0 Å². The summed E-state index contributed by atoms with van der Waals surface area (Å²) in [6, 6.07) is 0. The molecule has 0 aromatic carbocycles. The van der Waals surface area contributed by atoms with Crippen LogP contribution in [0.5, 0.6) is 0 Å². The van der Waals surface area contributed by atoms with Crippen molar-refractivity contribution in [1.82, 2.24) is 10.2 Å². The smallest absolute Gasteiger partial charge is 0.410 e. The van der Waals surface area contributed by atoms with Gasteiger partial charge in [0, 0.05) is 13.1 Å². The summed E-state index contributed by atoms with van der Waals surface area (Å²) >= 11 is 0. The molecular weight excluding hydrogens is 242 g/mol. The van der Waals surface area contributed by atoms with E-state index in [0.29, 0.717) is 19.6 Å². The summed E-state index contributed by atoms with van der Waals surface area (Å²) in [7, 11) is 0. The lowest BCUT2D eigenvalue weighted by atomic mass is 10.2. The molecule has 1 saturated carbocycles. The summed E-state index contributed by atoms with van der Waals surface area (Å²) in [5.41, 5.74) is -0.442. The van der Waals surface area contributed by atoms with E-state index in [4.69, 9.17) is 4.74 Å². The molecule has 2 aliphatic rings. The Morgan fingerprint density at radius 1 is 1.53 bits per heavy atom. The Kier molecular flexibility index (Phi) is 4.02. The maximum absolute atomic E-state index is 12.0. The highest BCUT2D eigenvalue weighted by Gasteiger charge is 2.32. The van der Waals surface area contributed by atoms with Crippen molar-refractivity contribution in [2.75, 3.05) is 26.2 Å². The second kappa shape index (κ2) is 5.39. The van der Waals surface area contributed by atoms with Gasteiger partial charge in [-0.25, -0.2) is 4.79 Å². The van der Waals surface area contributed by atoms with E-state index in [-0.39, 0.29) is 6.09 Å². The van der Waals surface area contributed by atoms with E-state index in [9.17, 15) is 4.79 Å². The van der Waals surface area contributed by atoms with Crippen LogP contribution in [0.15, 0.2) is 4.99 Å². The second-order valence-corrected chi connectivity index (χ2v) is 6.58.